The number of hydrogen-bond acceptors (Lipinski definition) is 4. The maximum atomic E-state index is 11.6. The Morgan fingerprint density at radius 3 is 2.80 bits per heavy atom. The smallest absolute Gasteiger partial charge is 0.243 e. The van der Waals surface area contributed by atoms with E-state index in [9.17, 15) is 8.42 Å². The van der Waals surface area contributed by atoms with Gasteiger partial charge in [-0.3, -0.25) is 4.68 Å². The van der Waals surface area contributed by atoms with Crippen molar-refractivity contribution in [2.24, 2.45) is 7.05 Å². The first-order valence-corrected chi connectivity index (χ1v) is 5.95. The third-order valence-electron chi connectivity index (χ3n) is 1.95. The molecule has 6 nitrogen and oxygen atoms in total. The minimum Gasteiger partial charge on any atom is -0.380 e. The van der Waals surface area contributed by atoms with Crippen LogP contribution in [0.5, 0.6) is 0 Å². The lowest BCUT2D eigenvalue weighted by Gasteiger charge is -2.09. The van der Waals surface area contributed by atoms with E-state index in [2.05, 4.69) is 9.82 Å². The molecule has 1 aromatic heterocycles. The van der Waals surface area contributed by atoms with Crippen LogP contribution in [0.3, 0.4) is 0 Å². The van der Waals surface area contributed by atoms with E-state index in [1.165, 1.54) is 24.2 Å². The number of sulfonamides is 1. The van der Waals surface area contributed by atoms with Crippen molar-refractivity contribution in [3.05, 3.63) is 12.4 Å². The van der Waals surface area contributed by atoms with Gasteiger partial charge < -0.3 is 4.74 Å². The highest BCUT2D eigenvalue weighted by atomic mass is 32.2. The summed E-state index contributed by atoms with van der Waals surface area (Å²) in [4.78, 5) is 0.160. The van der Waals surface area contributed by atoms with E-state index in [-0.39, 0.29) is 17.5 Å². The van der Waals surface area contributed by atoms with Crippen LogP contribution in [0.2, 0.25) is 0 Å². The lowest BCUT2D eigenvalue weighted by molar-refractivity contribution is 0.122. The minimum absolute atomic E-state index is 0.156. The molecule has 0 aliphatic carbocycles. The Morgan fingerprint density at radius 2 is 2.33 bits per heavy atom. The van der Waals surface area contributed by atoms with Crippen molar-refractivity contribution in [2.45, 2.75) is 17.9 Å². The fourth-order valence-corrected chi connectivity index (χ4v) is 2.03. The molecule has 0 saturated carbocycles. The second kappa shape index (κ2) is 4.73. The molecule has 1 heterocycles. The normalized spacial score (nSPS) is 14.1. The van der Waals surface area contributed by atoms with Gasteiger partial charge in [-0.25, -0.2) is 13.1 Å². The summed E-state index contributed by atoms with van der Waals surface area (Å²) in [5.74, 6) is 0. The molecule has 1 N–H and O–H groups in total. The van der Waals surface area contributed by atoms with E-state index >= 15 is 0 Å². The number of nitrogens with zero attached hydrogens (tertiary/aromatic N) is 2. The SMILES string of the molecule is COC(C)CNS(=O)(=O)c1cnn(C)c1. The molecule has 86 valence electrons. The predicted molar refractivity (Wildman–Crippen MR) is 54.9 cm³/mol. The largest absolute Gasteiger partial charge is 0.380 e. The van der Waals surface area contributed by atoms with Crippen LogP contribution in [0.4, 0.5) is 0 Å². The van der Waals surface area contributed by atoms with Gasteiger partial charge in [0.2, 0.25) is 10.0 Å². The van der Waals surface area contributed by atoms with Crippen LogP contribution in [0.15, 0.2) is 17.3 Å². The molecule has 1 unspecified atom stereocenters. The highest BCUT2D eigenvalue weighted by molar-refractivity contribution is 7.89. The number of nitrogens with one attached hydrogen (secondary N) is 1. The van der Waals surface area contributed by atoms with E-state index in [0.29, 0.717) is 0 Å². The number of methoxy groups -OCH3 is 1. The van der Waals surface area contributed by atoms with Crippen LogP contribution in [0.1, 0.15) is 6.92 Å². The van der Waals surface area contributed by atoms with Gasteiger partial charge in [-0.15, -0.1) is 0 Å². The zero-order valence-corrected chi connectivity index (χ0v) is 9.78. The summed E-state index contributed by atoms with van der Waals surface area (Å²) < 4.78 is 32.1. The Bertz CT molecular complexity index is 413. The molecule has 0 fully saturated rings. The van der Waals surface area contributed by atoms with E-state index in [1.54, 1.807) is 14.0 Å². The number of ether oxygens (including phenoxy) is 1. The molecule has 0 aliphatic heterocycles. The molecule has 0 saturated heterocycles. The van der Waals surface area contributed by atoms with Crippen molar-refractivity contribution in [3.63, 3.8) is 0 Å². The molecule has 1 rings (SSSR count). The van der Waals surface area contributed by atoms with Gasteiger partial charge in [0.05, 0.1) is 12.3 Å². The second-order valence-corrected chi connectivity index (χ2v) is 5.01. The summed E-state index contributed by atoms with van der Waals surface area (Å²) in [7, 11) is -0.264. The highest BCUT2D eigenvalue weighted by Crippen LogP contribution is 2.05. The topological polar surface area (TPSA) is 73.2 Å². The zero-order chi connectivity index (χ0) is 11.5. The van der Waals surface area contributed by atoms with E-state index in [1.807, 2.05) is 0 Å². The van der Waals surface area contributed by atoms with Crippen molar-refractivity contribution < 1.29 is 13.2 Å². The van der Waals surface area contributed by atoms with E-state index < -0.39 is 10.0 Å². The molecule has 1 aromatic rings. The van der Waals surface area contributed by atoms with Crippen molar-refractivity contribution in [2.75, 3.05) is 13.7 Å². The number of aromatic nitrogens is 2. The summed E-state index contributed by atoms with van der Waals surface area (Å²) in [5, 5.41) is 3.80. The Hall–Kier alpha value is -0.920. The molecule has 0 amide bonds. The first-order chi connectivity index (χ1) is 6.95. The molecular formula is C8H15N3O3S. The molecular weight excluding hydrogens is 218 g/mol. The quantitative estimate of drug-likeness (QED) is 0.760. The van der Waals surface area contributed by atoms with Crippen LogP contribution in [-0.2, 0) is 21.8 Å². The lowest BCUT2D eigenvalue weighted by atomic mass is 10.4. The van der Waals surface area contributed by atoms with Crippen molar-refractivity contribution in [1.29, 1.82) is 0 Å². The molecule has 0 radical (unpaired) electrons. The second-order valence-electron chi connectivity index (χ2n) is 3.25. The summed E-state index contributed by atoms with van der Waals surface area (Å²) in [6, 6.07) is 0. The van der Waals surface area contributed by atoms with Gasteiger partial charge in [-0.1, -0.05) is 0 Å². The Morgan fingerprint density at radius 1 is 1.67 bits per heavy atom. The maximum absolute atomic E-state index is 11.6. The Labute approximate surface area is 89.3 Å². The summed E-state index contributed by atoms with van der Waals surface area (Å²) >= 11 is 0. The van der Waals surface area contributed by atoms with Gasteiger partial charge in [-0.2, -0.15) is 5.10 Å². The molecule has 0 aromatic carbocycles. The molecule has 0 aliphatic rings. The fraction of sp³-hybridized carbons (Fsp3) is 0.625. The van der Waals surface area contributed by atoms with Gasteiger partial charge in [0.1, 0.15) is 4.90 Å². The molecule has 0 bridgehead atoms. The molecule has 15 heavy (non-hydrogen) atoms. The van der Waals surface area contributed by atoms with Crippen LogP contribution in [-0.4, -0.2) is 38.0 Å². The fourth-order valence-electron chi connectivity index (χ4n) is 0.931. The summed E-state index contributed by atoms with van der Waals surface area (Å²) in [6.45, 7) is 2.03. The van der Waals surface area contributed by atoms with Crippen LogP contribution in [0, 0.1) is 0 Å². The van der Waals surface area contributed by atoms with Crippen molar-refractivity contribution >= 4 is 10.0 Å². The van der Waals surface area contributed by atoms with Crippen LogP contribution >= 0.6 is 0 Å². The Balaban J connectivity index is 2.68. The van der Waals surface area contributed by atoms with Gasteiger partial charge in [-0.05, 0) is 6.92 Å². The highest BCUT2D eigenvalue weighted by Gasteiger charge is 2.16. The summed E-state index contributed by atoms with van der Waals surface area (Å²) in [5.41, 5.74) is 0. The van der Waals surface area contributed by atoms with E-state index in [4.69, 9.17) is 4.74 Å². The van der Waals surface area contributed by atoms with E-state index in [0.717, 1.165) is 0 Å². The van der Waals surface area contributed by atoms with Crippen molar-refractivity contribution in [1.82, 2.24) is 14.5 Å². The van der Waals surface area contributed by atoms with Crippen LogP contribution in [0.25, 0.3) is 0 Å². The lowest BCUT2D eigenvalue weighted by Crippen LogP contribution is -2.31. The summed E-state index contributed by atoms with van der Waals surface area (Å²) in [6.07, 6.45) is 2.59. The molecule has 0 spiro atoms. The standard InChI is InChI=1S/C8H15N3O3S/c1-7(14-3)4-10-15(12,13)8-5-9-11(2)6-8/h5-7,10H,4H2,1-3H3. The number of hydrogen-bond donors (Lipinski definition) is 1. The predicted octanol–water partition coefficient (Wildman–Crippen LogP) is -0.267. The average Bonchev–Trinajstić information content (AvgIpc) is 2.62. The molecule has 1 atom stereocenters. The number of aryl methyl sites for hydroxylation is 1. The monoisotopic (exact) mass is 233 g/mol. The maximum Gasteiger partial charge on any atom is 0.243 e. The number of rotatable bonds is 5. The zero-order valence-electron chi connectivity index (χ0n) is 8.97. The first kappa shape index (κ1) is 12.2. The van der Waals surface area contributed by atoms with Crippen molar-refractivity contribution in [3.8, 4) is 0 Å². The van der Waals surface area contributed by atoms with Gasteiger partial charge in [0.15, 0.2) is 0 Å². The third kappa shape index (κ3) is 3.29. The van der Waals surface area contributed by atoms with Crippen LogP contribution < -0.4 is 4.72 Å². The molecule has 7 heteroatoms. The van der Waals surface area contributed by atoms with Gasteiger partial charge in [0, 0.05) is 26.9 Å². The third-order valence-corrected chi connectivity index (χ3v) is 3.33. The van der Waals surface area contributed by atoms with Gasteiger partial charge >= 0.3 is 0 Å². The average molecular weight is 233 g/mol. The minimum atomic E-state index is -3.46. The first-order valence-electron chi connectivity index (χ1n) is 4.47. The Kier molecular flexibility index (Phi) is 3.83. The van der Waals surface area contributed by atoms with Gasteiger partial charge in [0.25, 0.3) is 0 Å².